The van der Waals surface area contributed by atoms with Crippen LogP contribution >= 0.6 is 0 Å². The molecule has 0 amide bonds. The van der Waals surface area contributed by atoms with Crippen molar-refractivity contribution in [3.63, 3.8) is 0 Å². The summed E-state index contributed by atoms with van der Waals surface area (Å²) >= 11 is 0. The Labute approximate surface area is 69.8 Å². The summed E-state index contributed by atoms with van der Waals surface area (Å²) in [7, 11) is 0. The van der Waals surface area contributed by atoms with Crippen LogP contribution in [0.5, 0.6) is 0 Å². The monoisotopic (exact) mass is 153 g/mol. The maximum atomic E-state index is 2.77. The number of hydrogen-bond donors (Lipinski definition) is 0. The van der Waals surface area contributed by atoms with Gasteiger partial charge in [0.25, 0.3) is 0 Å². The molecular formula is C10H19N. The van der Waals surface area contributed by atoms with E-state index in [2.05, 4.69) is 11.8 Å². The molecule has 0 N–H and O–H groups in total. The van der Waals surface area contributed by atoms with Gasteiger partial charge in [0.15, 0.2) is 0 Å². The highest BCUT2D eigenvalue weighted by Crippen LogP contribution is 2.35. The second-order valence-electron chi connectivity index (χ2n) is 4.05. The minimum absolute atomic E-state index is 0.988. The molecule has 0 radical (unpaired) electrons. The van der Waals surface area contributed by atoms with Gasteiger partial charge in [-0.3, -0.25) is 4.90 Å². The maximum Gasteiger partial charge on any atom is 0.00993 e. The summed E-state index contributed by atoms with van der Waals surface area (Å²) in [6.07, 6.45) is 8.75. The molecule has 0 spiro atoms. The van der Waals surface area contributed by atoms with Crippen LogP contribution < -0.4 is 0 Å². The van der Waals surface area contributed by atoms with E-state index in [1.807, 2.05) is 0 Å². The third kappa shape index (κ3) is 1.58. The summed E-state index contributed by atoms with van der Waals surface area (Å²) in [6, 6.07) is 1.99. The van der Waals surface area contributed by atoms with Gasteiger partial charge in [-0.25, -0.2) is 0 Å². The lowest BCUT2D eigenvalue weighted by atomic mass is 9.91. The largest absolute Gasteiger partial charge is 0.297 e. The van der Waals surface area contributed by atoms with Gasteiger partial charge in [0.05, 0.1) is 0 Å². The first kappa shape index (κ1) is 7.60. The normalized spacial score (nSPS) is 25.6. The van der Waals surface area contributed by atoms with E-state index in [1.54, 1.807) is 0 Å². The Balaban J connectivity index is 1.81. The van der Waals surface area contributed by atoms with Crippen molar-refractivity contribution in [2.75, 3.05) is 6.54 Å². The van der Waals surface area contributed by atoms with Crippen molar-refractivity contribution in [3.05, 3.63) is 0 Å². The van der Waals surface area contributed by atoms with Crippen molar-refractivity contribution in [1.29, 1.82) is 0 Å². The van der Waals surface area contributed by atoms with Crippen molar-refractivity contribution in [1.82, 2.24) is 4.90 Å². The third-order valence-corrected chi connectivity index (χ3v) is 3.04. The van der Waals surface area contributed by atoms with Crippen LogP contribution in [-0.4, -0.2) is 23.5 Å². The minimum atomic E-state index is 0.988. The Bertz CT molecular complexity index is 125. The van der Waals surface area contributed by atoms with Crippen LogP contribution in [0.4, 0.5) is 0 Å². The Morgan fingerprint density at radius 3 is 2.09 bits per heavy atom. The van der Waals surface area contributed by atoms with Crippen molar-refractivity contribution in [2.45, 2.75) is 57.5 Å². The molecule has 2 saturated carbocycles. The summed E-state index contributed by atoms with van der Waals surface area (Å²) in [5.41, 5.74) is 0. The van der Waals surface area contributed by atoms with E-state index < -0.39 is 0 Å². The van der Waals surface area contributed by atoms with E-state index in [0.717, 1.165) is 12.1 Å². The van der Waals surface area contributed by atoms with Gasteiger partial charge in [-0.1, -0.05) is 13.3 Å². The molecule has 0 aliphatic heterocycles. The highest BCUT2D eigenvalue weighted by Gasteiger charge is 2.35. The average Bonchev–Trinajstić information content (AvgIpc) is 2.63. The Morgan fingerprint density at radius 1 is 1.09 bits per heavy atom. The summed E-state index contributed by atoms with van der Waals surface area (Å²) in [4.78, 5) is 2.77. The smallest absolute Gasteiger partial charge is 0.00993 e. The van der Waals surface area contributed by atoms with Gasteiger partial charge in [-0.15, -0.1) is 0 Å². The predicted octanol–water partition coefficient (Wildman–Crippen LogP) is 2.41. The Morgan fingerprint density at radius 2 is 1.73 bits per heavy atom. The van der Waals surface area contributed by atoms with Crippen molar-refractivity contribution in [2.24, 2.45) is 0 Å². The average molecular weight is 153 g/mol. The number of nitrogens with zero attached hydrogens (tertiary/aromatic N) is 1. The molecule has 1 nitrogen and oxygen atoms in total. The molecule has 0 bridgehead atoms. The molecule has 64 valence electrons. The molecule has 0 heterocycles. The molecule has 0 aromatic carbocycles. The summed E-state index contributed by atoms with van der Waals surface area (Å²) < 4.78 is 0. The lowest BCUT2D eigenvalue weighted by molar-refractivity contribution is 0.119. The fourth-order valence-electron chi connectivity index (χ4n) is 2.05. The van der Waals surface area contributed by atoms with Crippen LogP contribution in [0.1, 0.15) is 45.4 Å². The molecule has 0 atom stereocenters. The van der Waals surface area contributed by atoms with Crippen LogP contribution in [0.15, 0.2) is 0 Å². The molecule has 2 fully saturated rings. The lowest BCUT2D eigenvalue weighted by Crippen LogP contribution is -2.41. The van der Waals surface area contributed by atoms with Crippen LogP contribution in [0.25, 0.3) is 0 Å². The van der Waals surface area contributed by atoms with Gasteiger partial charge >= 0.3 is 0 Å². The summed E-state index contributed by atoms with van der Waals surface area (Å²) in [5.74, 6) is 0. The standard InChI is InChI=1S/C10H19N/c1-2-8-11(10-6-7-10)9-4-3-5-9/h9-10H,2-8H2,1H3. The van der Waals surface area contributed by atoms with Crippen LogP contribution in [-0.2, 0) is 0 Å². The van der Waals surface area contributed by atoms with Gasteiger partial charge in [0.2, 0.25) is 0 Å². The number of rotatable bonds is 4. The molecule has 2 aliphatic rings. The van der Waals surface area contributed by atoms with Crippen LogP contribution in [0.2, 0.25) is 0 Å². The Hall–Kier alpha value is -0.0400. The molecule has 0 aromatic heterocycles. The SMILES string of the molecule is CCCN(C1CCC1)C1CC1. The zero-order valence-corrected chi connectivity index (χ0v) is 7.55. The van der Waals surface area contributed by atoms with E-state index in [1.165, 1.54) is 45.1 Å². The first-order valence-corrected chi connectivity index (χ1v) is 5.17. The predicted molar refractivity (Wildman–Crippen MR) is 47.7 cm³/mol. The molecular weight excluding hydrogens is 134 g/mol. The topological polar surface area (TPSA) is 3.24 Å². The minimum Gasteiger partial charge on any atom is -0.297 e. The van der Waals surface area contributed by atoms with Gasteiger partial charge < -0.3 is 0 Å². The zero-order valence-electron chi connectivity index (χ0n) is 7.55. The molecule has 0 aromatic rings. The Kier molecular flexibility index (Phi) is 2.17. The van der Waals surface area contributed by atoms with Crippen LogP contribution in [0.3, 0.4) is 0 Å². The molecule has 0 saturated heterocycles. The van der Waals surface area contributed by atoms with Crippen molar-refractivity contribution >= 4 is 0 Å². The lowest BCUT2D eigenvalue weighted by Gasteiger charge is -2.37. The van der Waals surface area contributed by atoms with Crippen molar-refractivity contribution in [3.8, 4) is 0 Å². The van der Waals surface area contributed by atoms with Crippen molar-refractivity contribution < 1.29 is 0 Å². The first-order valence-electron chi connectivity index (χ1n) is 5.17. The molecule has 2 aliphatic carbocycles. The highest BCUT2D eigenvalue weighted by molar-refractivity contribution is 4.91. The third-order valence-electron chi connectivity index (χ3n) is 3.04. The molecule has 0 unspecified atom stereocenters. The second-order valence-corrected chi connectivity index (χ2v) is 4.05. The second kappa shape index (κ2) is 3.14. The van der Waals surface area contributed by atoms with E-state index in [-0.39, 0.29) is 0 Å². The van der Waals surface area contributed by atoms with E-state index in [9.17, 15) is 0 Å². The van der Waals surface area contributed by atoms with E-state index >= 15 is 0 Å². The van der Waals surface area contributed by atoms with Gasteiger partial charge in [0.1, 0.15) is 0 Å². The van der Waals surface area contributed by atoms with Crippen LogP contribution in [0, 0.1) is 0 Å². The fraction of sp³-hybridized carbons (Fsp3) is 1.00. The summed E-state index contributed by atoms with van der Waals surface area (Å²) in [6.45, 7) is 3.66. The van der Waals surface area contributed by atoms with E-state index in [0.29, 0.717) is 0 Å². The fourth-order valence-corrected chi connectivity index (χ4v) is 2.05. The molecule has 2 rings (SSSR count). The van der Waals surface area contributed by atoms with E-state index in [4.69, 9.17) is 0 Å². The van der Waals surface area contributed by atoms with Gasteiger partial charge in [0, 0.05) is 12.1 Å². The zero-order chi connectivity index (χ0) is 7.68. The molecule has 11 heavy (non-hydrogen) atoms. The maximum absolute atomic E-state index is 2.77. The quantitative estimate of drug-likeness (QED) is 0.599. The summed E-state index contributed by atoms with van der Waals surface area (Å²) in [5, 5.41) is 0. The first-order chi connectivity index (χ1) is 5.42. The highest BCUT2D eigenvalue weighted by atomic mass is 15.2. The van der Waals surface area contributed by atoms with Gasteiger partial charge in [-0.2, -0.15) is 0 Å². The molecule has 1 heteroatoms. The number of hydrogen-bond acceptors (Lipinski definition) is 1. The van der Waals surface area contributed by atoms with Gasteiger partial charge in [-0.05, 0) is 38.6 Å².